The number of esters is 1. The Morgan fingerprint density at radius 3 is 2.62 bits per heavy atom. The summed E-state index contributed by atoms with van der Waals surface area (Å²) in [6, 6.07) is 7.43. The number of rotatable bonds is 6. The van der Waals surface area contributed by atoms with E-state index in [0.717, 1.165) is 16.9 Å². The summed E-state index contributed by atoms with van der Waals surface area (Å²) in [6.45, 7) is 3.50. The summed E-state index contributed by atoms with van der Waals surface area (Å²) in [5.74, 6) is -1.17. The van der Waals surface area contributed by atoms with E-state index in [1.54, 1.807) is 37.3 Å². The molecule has 7 nitrogen and oxygen atoms in total. The van der Waals surface area contributed by atoms with Gasteiger partial charge in [-0.25, -0.2) is 4.79 Å². The molecule has 0 saturated carbocycles. The van der Waals surface area contributed by atoms with Crippen molar-refractivity contribution in [1.82, 2.24) is 10.6 Å². The molecule has 26 heavy (non-hydrogen) atoms. The van der Waals surface area contributed by atoms with Gasteiger partial charge in [0.05, 0.1) is 16.9 Å². The van der Waals surface area contributed by atoms with Crippen molar-refractivity contribution in [1.29, 1.82) is 0 Å². The van der Waals surface area contributed by atoms with Gasteiger partial charge < -0.3 is 20.5 Å². The fraction of sp³-hybridized carbons (Fsp3) is 0.278. The molecule has 2 rings (SSSR count). The van der Waals surface area contributed by atoms with E-state index in [1.807, 2.05) is 0 Å². The molecule has 0 fully saturated rings. The zero-order chi connectivity index (χ0) is 19.3. The molecule has 0 aliphatic carbocycles. The van der Waals surface area contributed by atoms with Crippen molar-refractivity contribution >= 4 is 29.1 Å². The lowest BCUT2D eigenvalue weighted by atomic mass is 10.2. The van der Waals surface area contributed by atoms with E-state index in [-0.39, 0.29) is 18.2 Å². The first-order valence-corrected chi connectivity index (χ1v) is 8.68. The van der Waals surface area contributed by atoms with Crippen molar-refractivity contribution < 1.29 is 24.2 Å². The maximum absolute atomic E-state index is 12.3. The van der Waals surface area contributed by atoms with Gasteiger partial charge in [-0.1, -0.05) is 12.1 Å². The van der Waals surface area contributed by atoms with Gasteiger partial charge in [-0.15, -0.1) is 11.3 Å². The highest BCUT2D eigenvalue weighted by molar-refractivity contribution is 7.16. The Hall–Kier alpha value is -2.87. The highest BCUT2D eigenvalue weighted by atomic mass is 32.1. The molecule has 2 amide bonds. The van der Waals surface area contributed by atoms with E-state index in [2.05, 4.69) is 15.4 Å². The number of methoxy groups -OCH3 is 1. The summed E-state index contributed by atoms with van der Waals surface area (Å²) in [5.41, 5.74) is 1.41. The molecule has 0 saturated heterocycles. The molecule has 1 atom stereocenters. The number of carbonyl (C=O) groups is 3. The summed E-state index contributed by atoms with van der Waals surface area (Å²) >= 11 is 1.05. The standard InChI is InChI=1S/C18H20N2O5S/c1-10-7-14(16(22)19-9-12-5-4-6-13(21)8-12)26-15(10)17(23)20-11(2)18(24)25-3/h4-8,11,21H,9H2,1-3H3,(H,19,22)(H,20,23). The number of nitrogens with one attached hydrogen (secondary N) is 2. The molecule has 1 aromatic heterocycles. The van der Waals surface area contributed by atoms with Crippen LogP contribution < -0.4 is 10.6 Å². The minimum atomic E-state index is -0.781. The third kappa shape index (κ3) is 4.82. The smallest absolute Gasteiger partial charge is 0.328 e. The van der Waals surface area contributed by atoms with Crippen LogP contribution in [0, 0.1) is 6.92 Å². The van der Waals surface area contributed by atoms with Crippen molar-refractivity contribution in [3.63, 3.8) is 0 Å². The average Bonchev–Trinajstić information content (AvgIpc) is 3.00. The van der Waals surface area contributed by atoms with E-state index in [4.69, 9.17) is 0 Å². The lowest BCUT2D eigenvalue weighted by Crippen LogP contribution is -2.39. The second-order valence-electron chi connectivity index (χ2n) is 5.69. The summed E-state index contributed by atoms with van der Waals surface area (Å²) in [7, 11) is 1.25. The fourth-order valence-electron chi connectivity index (χ4n) is 2.25. The number of phenolic OH excluding ortho intramolecular Hbond substituents is 1. The quantitative estimate of drug-likeness (QED) is 0.669. The highest BCUT2D eigenvalue weighted by Gasteiger charge is 2.21. The SMILES string of the molecule is COC(=O)C(C)NC(=O)c1sc(C(=O)NCc2cccc(O)c2)cc1C. The van der Waals surface area contributed by atoms with Gasteiger partial charge in [-0.05, 0) is 43.2 Å². The van der Waals surface area contributed by atoms with Crippen molar-refractivity contribution in [3.8, 4) is 5.75 Å². The number of thiophene rings is 1. The highest BCUT2D eigenvalue weighted by Crippen LogP contribution is 2.22. The second kappa shape index (κ2) is 8.48. The maximum atomic E-state index is 12.3. The van der Waals surface area contributed by atoms with Gasteiger partial charge in [0.1, 0.15) is 11.8 Å². The zero-order valence-corrected chi connectivity index (χ0v) is 15.5. The topological polar surface area (TPSA) is 105 Å². The molecule has 0 aliphatic heterocycles. The summed E-state index contributed by atoms with van der Waals surface area (Å²) in [4.78, 5) is 36.7. The van der Waals surface area contributed by atoms with Gasteiger partial charge in [0.15, 0.2) is 0 Å². The van der Waals surface area contributed by atoms with Crippen LogP contribution in [0.4, 0.5) is 0 Å². The number of carbonyl (C=O) groups excluding carboxylic acids is 3. The lowest BCUT2D eigenvalue weighted by Gasteiger charge is -2.10. The summed E-state index contributed by atoms with van der Waals surface area (Å²) in [6.07, 6.45) is 0. The van der Waals surface area contributed by atoms with Crippen LogP contribution in [0.5, 0.6) is 5.75 Å². The van der Waals surface area contributed by atoms with E-state index in [0.29, 0.717) is 15.3 Å². The van der Waals surface area contributed by atoms with Crippen LogP contribution in [0.1, 0.15) is 37.4 Å². The van der Waals surface area contributed by atoms with E-state index in [9.17, 15) is 19.5 Å². The largest absolute Gasteiger partial charge is 0.508 e. The van der Waals surface area contributed by atoms with Crippen LogP contribution in [0.3, 0.4) is 0 Å². The number of benzene rings is 1. The number of hydrogen-bond acceptors (Lipinski definition) is 6. The number of phenols is 1. The number of amides is 2. The van der Waals surface area contributed by atoms with Gasteiger partial charge in [-0.3, -0.25) is 9.59 Å². The van der Waals surface area contributed by atoms with Crippen LogP contribution >= 0.6 is 11.3 Å². The second-order valence-corrected chi connectivity index (χ2v) is 6.75. The maximum Gasteiger partial charge on any atom is 0.328 e. The Kier molecular flexibility index (Phi) is 6.35. The Labute approximate surface area is 155 Å². The Morgan fingerprint density at radius 2 is 1.96 bits per heavy atom. The number of aromatic hydroxyl groups is 1. The molecule has 0 spiro atoms. The van der Waals surface area contributed by atoms with Crippen LogP contribution in [-0.4, -0.2) is 36.0 Å². The van der Waals surface area contributed by atoms with E-state index in [1.165, 1.54) is 14.0 Å². The molecule has 1 heterocycles. The Balaban J connectivity index is 2.03. The van der Waals surface area contributed by atoms with Crippen molar-refractivity contribution in [3.05, 3.63) is 51.2 Å². The molecule has 0 radical (unpaired) electrons. The van der Waals surface area contributed by atoms with E-state index >= 15 is 0 Å². The number of aryl methyl sites for hydroxylation is 1. The predicted octanol–water partition coefficient (Wildman–Crippen LogP) is 1.98. The average molecular weight is 376 g/mol. The monoisotopic (exact) mass is 376 g/mol. The molecule has 0 aliphatic rings. The zero-order valence-electron chi connectivity index (χ0n) is 14.7. The number of hydrogen-bond donors (Lipinski definition) is 3. The molecule has 3 N–H and O–H groups in total. The third-order valence-corrected chi connectivity index (χ3v) is 4.85. The molecule has 8 heteroatoms. The molecule has 138 valence electrons. The van der Waals surface area contributed by atoms with E-state index < -0.39 is 17.9 Å². The first kappa shape index (κ1) is 19.5. The van der Waals surface area contributed by atoms with Crippen molar-refractivity contribution in [2.24, 2.45) is 0 Å². The lowest BCUT2D eigenvalue weighted by molar-refractivity contribution is -0.142. The molecular weight excluding hydrogens is 356 g/mol. The minimum absolute atomic E-state index is 0.127. The van der Waals surface area contributed by atoms with Gasteiger partial charge in [-0.2, -0.15) is 0 Å². The number of ether oxygens (including phenoxy) is 1. The molecule has 2 aromatic rings. The molecular formula is C18H20N2O5S. The first-order chi connectivity index (χ1) is 12.3. The van der Waals surface area contributed by atoms with Crippen molar-refractivity contribution in [2.75, 3.05) is 7.11 Å². The normalized spacial score (nSPS) is 11.5. The molecule has 1 unspecified atom stereocenters. The predicted molar refractivity (Wildman–Crippen MR) is 97.3 cm³/mol. The summed E-state index contributed by atoms with van der Waals surface area (Å²) < 4.78 is 4.57. The third-order valence-electron chi connectivity index (χ3n) is 3.61. The fourth-order valence-corrected chi connectivity index (χ4v) is 3.25. The minimum Gasteiger partial charge on any atom is -0.508 e. The van der Waals surface area contributed by atoms with Crippen molar-refractivity contribution in [2.45, 2.75) is 26.4 Å². The Morgan fingerprint density at radius 1 is 1.23 bits per heavy atom. The molecule has 0 bridgehead atoms. The van der Waals surface area contributed by atoms with Crippen LogP contribution in [0.25, 0.3) is 0 Å². The first-order valence-electron chi connectivity index (χ1n) is 7.87. The van der Waals surface area contributed by atoms with Gasteiger partial charge in [0.2, 0.25) is 0 Å². The van der Waals surface area contributed by atoms with Gasteiger partial charge in [0, 0.05) is 6.54 Å². The van der Waals surface area contributed by atoms with Gasteiger partial charge in [0.25, 0.3) is 11.8 Å². The summed E-state index contributed by atoms with van der Waals surface area (Å²) in [5, 5.41) is 14.7. The van der Waals surface area contributed by atoms with Crippen LogP contribution in [0.2, 0.25) is 0 Å². The Bertz CT molecular complexity index is 831. The van der Waals surface area contributed by atoms with Gasteiger partial charge >= 0.3 is 5.97 Å². The van der Waals surface area contributed by atoms with Crippen LogP contribution in [0.15, 0.2) is 30.3 Å². The molecule has 1 aromatic carbocycles. The van der Waals surface area contributed by atoms with Crippen LogP contribution in [-0.2, 0) is 16.1 Å².